The van der Waals surface area contributed by atoms with Crippen molar-refractivity contribution in [3.05, 3.63) is 35.4 Å². The Morgan fingerprint density at radius 3 is 2.48 bits per heavy atom. The summed E-state index contributed by atoms with van der Waals surface area (Å²) in [5.74, 6) is -0.448. The number of benzene rings is 1. The number of unbranched alkanes of at least 4 members (excludes halogenated alkanes) is 1. The van der Waals surface area contributed by atoms with E-state index in [1.807, 2.05) is 13.0 Å². The van der Waals surface area contributed by atoms with Crippen molar-refractivity contribution in [2.45, 2.75) is 33.6 Å². The Hall–Kier alpha value is -2.61. The molecule has 0 bridgehead atoms. The molecule has 0 fully saturated rings. The zero-order valence-corrected chi connectivity index (χ0v) is 13.8. The molecule has 0 spiro atoms. The molecule has 0 heterocycles. The lowest BCUT2D eigenvalue weighted by Gasteiger charge is -2.07. The monoisotopic (exact) mass is 314 g/mol. The Kier molecular flexibility index (Phi) is 7.55. The lowest BCUT2D eigenvalue weighted by Crippen LogP contribution is -2.25. The Morgan fingerprint density at radius 2 is 1.96 bits per heavy atom. The molecule has 1 aromatic rings. The van der Waals surface area contributed by atoms with Gasteiger partial charge in [-0.1, -0.05) is 39.3 Å². The van der Waals surface area contributed by atoms with Crippen LogP contribution in [0.15, 0.2) is 29.8 Å². The number of carbonyl (C=O) groups is 2. The highest BCUT2D eigenvalue weighted by molar-refractivity contribution is 6.01. The third-order valence-electron chi connectivity index (χ3n) is 3.06. The molecule has 1 amide bonds. The van der Waals surface area contributed by atoms with Gasteiger partial charge in [-0.15, -0.1) is 0 Å². The Balaban J connectivity index is 2.76. The first-order chi connectivity index (χ1) is 11.0. The molecule has 0 aliphatic heterocycles. The van der Waals surface area contributed by atoms with E-state index in [2.05, 4.69) is 5.32 Å². The molecule has 122 valence electrons. The molecule has 0 unspecified atom stereocenters. The number of rotatable bonds is 7. The summed E-state index contributed by atoms with van der Waals surface area (Å²) in [7, 11) is 0. The molecule has 0 saturated carbocycles. The first kappa shape index (κ1) is 18.4. The van der Waals surface area contributed by atoms with E-state index in [4.69, 9.17) is 10.00 Å². The van der Waals surface area contributed by atoms with Gasteiger partial charge in [-0.05, 0) is 30.2 Å². The normalized spacial score (nSPS) is 11.0. The molecule has 1 rings (SSSR count). The van der Waals surface area contributed by atoms with E-state index in [0.29, 0.717) is 17.9 Å². The largest absolute Gasteiger partial charge is 0.426 e. The minimum Gasteiger partial charge on any atom is -0.426 e. The van der Waals surface area contributed by atoms with Gasteiger partial charge in [-0.2, -0.15) is 5.26 Å². The van der Waals surface area contributed by atoms with Crippen molar-refractivity contribution >= 4 is 18.0 Å². The number of amides is 1. The molecule has 0 aliphatic rings. The van der Waals surface area contributed by atoms with Gasteiger partial charge < -0.3 is 10.1 Å². The zero-order valence-electron chi connectivity index (χ0n) is 13.8. The number of nitrogens with zero attached hydrogens (tertiary/aromatic N) is 1. The van der Waals surface area contributed by atoms with E-state index in [9.17, 15) is 9.59 Å². The first-order valence-corrected chi connectivity index (χ1v) is 7.69. The van der Waals surface area contributed by atoms with Gasteiger partial charge in [0, 0.05) is 6.54 Å². The van der Waals surface area contributed by atoms with Crippen LogP contribution in [0, 0.1) is 17.2 Å². The maximum absolute atomic E-state index is 11.9. The SMILES string of the molecule is CCCCNC(=O)/C(C#N)=C/c1ccc(OC(=O)C(C)C)cc1. The van der Waals surface area contributed by atoms with E-state index in [1.165, 1.54) is 6.08 Å². The third-order valence-corrected chi connectivity index (χ3v) is 3.06. The van der Waals surface area contributed by atoms with Crippen LogP contribution < -0.4 is 10.1 Å². The first-order valence-electron chi connectivity index (χ1n) is 7.69. The molecule has 0 radical (unpaired) electrons. The van der Waals surface area contributed by atoms with Gasteiger partial charge in [0.1, 0.15) is 17.4 Å². The van der Waals surface area contributed by atoms with Crippen LogP contribution in [-0.2, 0) is 9.59 Å². The van der Waals surface area contributed by atoms with Crippen LogP contribution in [0.1, 0.15) is 39.2 Å². The van der Waals surface area contributed by atoms with Gasteiger partial charge in [-0.25, -0.2) is 0 Å². The summed E-state index contributed by atoms with van der Waals surface area (Å²) in [6, 6.07) is 8.56. The summed E-state index contributed by atoms with van der Waals surface area (Å²) in [5, 5.41) is 11.8. The zero-order chi connectivity index (χ0) is 17.2. The Bertz CT molecular complexity index is 610. The van der Waals surface area contributed by atoms with E-state index in [0.717, 1.165) is 12.8 Å². The second-order valence-corrected chi connectivity index (χ2v) is 5.42. The van der Waals surface area contributed by atoms with Gasteiger partial charge >= 0.3 is 5.97 Å². The van der Waals surface area contributed by atoms with E-state index < -0.39 is 0 Å². The fraction of sp³-hybridized carbons (Fsp3) is 0.389. The number of hydrogen-bond donors (Lipinski definition) is 1. The fourth-order valence-electron chi connectivity index (χ4n) is 1.66. The number of nitrogens with one attached hydrogen (secondary N) is 1. The predicted molar refractivity (Wildman–Crippen MR) is 88.4 cm³/mol. The van der Waals surface area contributed by atoms with Crippen molar-refractivity contribution in [3.8, 4) is 11.8 Å². The molecule has 0 aliphatic carbocycles. The highest BCUT2D eigenvalue weighted by Gasteiger charge is 2.10. The lowest BCUT2D eigenvalue weighted by atomic mass is 10.1. The second-order valence-electron chi connectivity index (χ2n) is 5.42. The maximum Gasteiger partial charge on any atom is 0.313 e. The molecule has 5 heteroatoms. The quantitative estimate of drug-likeness (QED) is 0.276. The van der Waals surface area contributed by atoms with Crippen LogP contribution in [-0.4, -0.2) is 18.4 Å². The van der Waals surface area contributed by atoms with E-state index in [1.54, 1.807) is 38.1 Å². The molecule has 0 aromatic heterocycles. The number of esters is 1. The molecule has 1 N–H and O–H groups in total. The number of carbonyl (C=O) groups excluding carboxylic acids is 2. The van der Waals surface area contributed by atoms with Gasteiger partial charge in [0.2, 0.25) is 0 Å². The molecule has 5 nitrogen and oxygen atoms in total. The van der Waals surface area contributed by atoms with Crippen molar-refractivity contribution in [3.63, 3.8) is 0 Å². The third kappa shape index (κ3) is 6.35. The van der Waals surface area contributed by atoms with Crippen LogP contribution in [0.5, 0.6) is 5.75 Å². The lowest BCUT2D eigenvalue weighted by molar-refractivity contribution is -0.137. The number of hydrogen-bond acceptors (Lipinski definition) is 4. The second kappa shape index (κ2) is 9.42. The van der Waals surface area contributed by atoms with E-state index in [-0.39, 0.29) is 23.4 Å². The molecule has 23 heavy (non-hydrogen) atoms. The fourth-order valence-corrected chi connectivity index (χ4v) is 1.66. The summed E-state index contributed by atoms with van der Waals surface area (Å²) >= 11 is 0. The molecular weight excluding hydrogens is 292 g/mol. The summed E-state index contributed by atoms with van der Waals surface area (Å²) < 4.78 is 5.17. The van der Waals surface area contributed by atoms with Gasteiger partial charge in [-0.3, -0.25) is 9.59 Å². The van der Waals surface area contributed by atoms with Gasteiger partial charge in [0.25, 0.3) is 5.91 Å². The smallest absolute Gasteiger partial charge is 0.313 e. The standard InChI is InChI=1S/C18H22N2O3/c1-4-5-10-20-17(21)15(12-19)11-14-6-8-16(9-7-14)23-18(22)13(2)3/h6-9,11,13H,4-5,10H2,1-3H3,(H,20,21)/b15-11+. The summed E-state index contributed by atoms with van der Waals surface area (Å²) in [4.78, 5) is 23.4. The van der Waals surface area contributed by atoms with Crippen LogP contribution in [0.3, 0.4) is 0 Å². The average molecular weight is 314 g/mol. The van der Waals surface area contributed by atoms with Crippen molar-refractivity contribution in [2.24, 2.45) is 5.92 Å². The van der Waals surface area contributed by atoms with Gasteiger partial charge in [0.05, 0.1) is 5.92 Å². The minimum atomic E-state index is -0.378. The predicted octanol–water partition coefficient (Wildman–Crippen LogP) is 3.07. The van der Waals surface area contributed by atoms with Crippen molar-refractivity contribution in [1.82, 2.24) is 5.32 Å². The van der Waals surface area contributed by atoms with Crippen molar-refractivity contribution < 1.29 is 14.3 Å². The van der Waals surface area contributed by atoms with E-state index >= 15 is 0 Å². The summed E-state index contributed by atoms with van der Waals surface area (Å²) in [5.41, 5.74) is 0.740. The number of ether oxygens (including phenoxy) is 1. The summed E-state index contributed by atoms with van der Waals surface area (Å²) in [6.45, 7) is 6.10. The van der Waals surface area contributed by atoms with Crippen LogP contribution in [0.2, 0.25) is 0 Å². The van der Waals surface area contributed by atoms with Crippen molar-refractivity contribution in [2.75, 3.05) is 6.54 Å². The molecule has 0 saturated heterocycles. The highest BCUT2D eigenvalue weighted by atomic mass is 16.5. The topological polar surface area (TPSA) is 79.2 Å². The minimum absolute atomic E-state index is 0.0491. The average Bonchev–Trinajstić information content (AvgIpc) is 2.54. The van der Waals surface area contributed by atoms with Crippen LogP contribution >= 0.6 is 0 Å². The highest BCUT2D eigenvalue weighted by Crippen LogP contribution is 2.16. The molecule has 0 atom stereocenters. The van der Waals surface area contributed by atoms with Crippen LogP contribution in [0.25, 0.3) is 6.08 Å². The van der Waals surface area contributed by atoms with Gasteiger partial charge in [0.15, 0.2) is 0 Å². The molecule has 1 aromatic carbocycles. The Morgan fingerprint density at radius 1 is 1.30 bits per heavy atom. The Labute approximate surface area is 137 Å². The summed E-state index contributed by atoms with van der Waals surface area (Å²) in [6.07, 6.45) is 3.36. The maximum atomic E-state index is 11.9. The number of nitriles is 1. The van der Waals surface area contributed by atoms with Crippen LogP contribution in [0.4, 0.5) is 0 Å². The van der Waals surface area contributed by atoms with Crippen molar-refractivity contribution in [1.29, 1.82) is 5.26 Å². The molecular formula is C18H22N2O3.